The topological polar surface area (TPSA) is 61.7 Å². The van der Waals surface area contributed by atoms with Crippen LogP contribution in [0.2, 0.25) is 0 Å². The normalized spacial score (nSPS) is 12.0. The van der Waals surface area contributed by atoms with E-state index in [9.17, 15) is 4.79 Å². The van der Waals surface area contributed by atoms with E-state index in [0.29, 0.717) is 0 Å². The molecule has 0 saturated carbocycles. The summed E-state index contributed by atoms with van der Waals surface area (Å²) in [6.45, 7) is 1.24. The van der Waals surface area contributed by atoms with Crippen molar-refractivity contribution in [3.05, 3.63) is 0 Å². The molecule has 0 aliphatic rings. The summed E-state index contributed by atoms with van der Waals surface area (Å²) in [6.07, 6.45) is -1.36. The third kappa shape index (κ3) is 5.81. The van der Waals surface area contributed by atoms with Crippen LogP contribution in [0.25, 0.3) is 0 Å². The van der Waals surface area contributed by atoms with Crippen molar-refractivity contribution in [2.45, 2.75) is 13.3 Å². The third-order valence-electron chi connectivity index (χ3n) is 0.552. The number of carbonyl (C=O) groups is 1. The first kappa shape index (κ1) is 9.68. The molecule has 0 aromatic heterocycles. The van der Waals surface area contributed by atoms with E-state index >= 15 is 0 Å². The smallest absolute Gasteiger partial charge is 0.227 e. The van der Waals surface area contributed by atoms with Gasteiger partial charge in [0.1, 0.15) is 0 Å². The van der Waals surface area contributed by atoms with Crippen molar-refractivity contribution in [1.82, 2.24) is 5.32 Å². The molecular formula is C4H6Cl2N2O2. The highest BCUT2D eigenvalue weighted by Crippen LogP contribution is 1.93. The molecule has 10 heavy (non-hydrogen) atoms. The number of nitrogens with one attached hydrogen (secondary N) is 1. The molecule has 6 heteroatoms. The molecule has 1 amide bonds. The van der Waals surface area contributed by atoms with Crippen LogP contribution in [0.3, 0.4) is 0 Å². The summed E-state index contributed by atoms with van der Waals surface area (Å²) in [7, 11) is 0. The van der Waals surface area contributed by atoms with Crippen molar-refractivity contribution < 1.29 is 9.90 Å². The molecule has 0 radical (unpaired) electrons. The number of hydrogen-bond donors (Lipinski definition) is 2. The van der Waals surface area contributed by atoms with Gasteiger partial charge in [0.15, 0.2) is 4.63 Å². The van der Waals surface area contributed by atoms with E-state index in [1.807, 2.05) is 5.32 Å². The Morgan fingerprint density at radius 2 is 2.20 bits per heavy atom. The predicted octanol–water partition coefficient (Wildman–Crippen LogP) is 0.232. The number of aliphatic imine (C=N–C) groups is 1. The number of aliphatic hydroxyl groups excluding tert-OH is 1. The van der Waals surface area contributed by atoms with Crippen LogP contribution >= 0.6 is 23.2 Å². The molecule has 2 N–H and O–H groups in total. The average molecular weight is 185 g/mol. The predicted molar refractivity (Wildman–Crippen MR) is 39.0 cm³/mol. The zero-order chi connectivity index (χ0) is 8.15. The Morgan fingerprint density at radius 3 is 2.50 bits per heavy atom. The third-order valence-corrected chi connectivity index (χ3v) is 0.747. The van der Waals surface area contributed by atoms with E-state index in [4.69, 9.17) is 28.3 Å². The van der Waals surface area contributed by atoms with Crippen molar-refractivity contribution in [3.63, 3.8) is 0 Å². The van der Waals surface area contributed by atoms with Gasteiger partial charge in [-0.05, 0) is 23.2 Å². The molecule has 0 aliphatic carbocycles. The maximum atomic E-state index is 10.2. The summed E-state index contributed by atoms with van der Waals surface area (Å²) >= 11 is 10.1. The second-order valence-corrected chi connectivity index (χ2v) is 2.35. The lowest BCUT2D eigenvalue weighted by atomic mass is 10.7. The van der Waals surface area contributed by atoms with Crippen LogP contribution in [0.15, 0.2) is 4.99 Å². The van der Waals surface area contributed by atoms with Gasteiger partial charge in [-0.2, -0.15) is 0 Å². The Hall–Kier alpha value is -0.320. The monoisotopic (exact) mass is 184 g/mol. The molecule has 0 rings (SSSR count). The summed E-state index contributed by atoms with van der Waals surface area (Å²) in [5, 5.41) is 10.7. The first-order valence-electron chi connectivity index (χ1n) is 2.36. The number of halogens is 2. The van der Waals surface area contributed by atoms with Crippen LogP contribution in [-0.2, 0) is 4.79 Å². The second-order valence-electron chi connectivity index (χ2n) is 1.44. The van der Waals surface area contributed by atoms with Crippen LogP contribution in [0.1, 0.15) is 6.92 Å². The number of amides is 1. The number of carbonyl (C=O) groups excluding carboxylic acids is 1. The Bertz CT molecular complexity index is 155. The minimum Gasteiger partial charge on any atom is -0.355 e. The molecule has 0 aromatic rings. The van der Waals surface area contributed by atoms with Gasteiger partial charge in [-0.25, -0.2) is 4.99 Å². The molecule has 1 unspecified atom stereocenters. The minimum atomic E-state index is -1.36. The standard InChI is InChI=1S/C4H6Cl2N2O2/c1-2(9)7-4(10)8-3(5)6/h4,10H,1H3,(H,7,9). The summed E-state index contributed by atoms with van der Waals surface area (Å²) in [6, 6.07) is 0. The lowest BCUT2D eigenvalue weighted by Gasteiger charge is -2.03. The van der Waals surface area contributed by atoms with Gasteiger partial charge in [-0.15, -0.1) is 0 Å². The number of hydrogen-bond acceptors (Lipinski definition) is 3. The van der Waals surface area contributed by atoms with Crippen molar-refractivity contribution in [2.24, 2.45) is 4.99 Å². The highest BCUT2D eigenvalue weighted by molar-refractivity contribution is 6.95. The van der Waals surface area contributed by atoms with Crippen LogP contribution in [0.4, 0.5) is 0 Å². The molecule has 4 nitrogen and oxygen atoms in total. The summed E-state index contributed by atoms with van der Waals surface area (Å²) in [5.41, 5.74) is 0. The molecular weight excluding hydrogens is 179 g/mol. The van der Waals surface area contributed by atoms with Gasteiger partial charge in [0.2, 0.25) is 12.3 Å². The molecule has 0 spiro atoms. The summed E-state index contributed by atoms with van der Waals surface area (Å²) in [5.74, 6) is -0.411. The largest absolute Gasteiger partial charge is 0.355 e. The first-order chi connectivity index (χ1) is 4.52. The Morgan fingerprint density at radius 1 is 1.70 bits per heavy atom. The molecule has 0 heterocycles. The fourth-order valence-corrected chi connectivity index (χ4v) is 0.491. The minimum absolute atomic E-state index is 0.332. The van der Waals surface area contributed by atoms with Crippen LogP contribution in [0.5, 0.6) is 0 Å². The van der Waals surface area contributed by atoms with Crippen molar-refractivity contribution in [2.75, 3.05) is 0 Å². The molecule has 0 fully saturated rings. The van der Waals surface area contributed by atoms with E-state index in [0.717, 1.165) is 0 Å². The quantitative estimate of drug-likeness (QED) is 0.477. The maximum absolute atomic E-state index is 10.2. The van der Waals surface area contributed by atoms with E-state index in [-0.39, 0.29) is 4.63 Å². The van der Waals surface area contributed by atoms with Gasteiger partial charge >= 0.3 is 0 Å². The molecule has 0 aromatic carbocycles. The molecule has 0 bridgehead atoms. The molecule has 0 saturated heterocycles. The first-order valence-corrected chi connectivity index (χ1v) is 3.12. The number of rotatable bonds is 2. The average Bonchev–Trinajstić information content (AvgIpc) is 1.58. The van der Waals surface area contributed by atoms with Gasteiger partial charge < -0.3 is 10.4 Å². The van der Waals surface area contributed by atoms with Crippen molar-refractivity contribution >= 4 is 33.7 Å². The highest BCUT2D eigenvalue weighted by Gasteiger charge is 2.01. The lowest BCUT2D eigenvalue weighted by Crippen LogP contribution is -2.31. The zero-order valence-corrected chi connectivity index (χ0v) is 6.65. The fraction of sp³-hybridized carbons (Fsp3) is 0.500. The zero-order valence-electron chi connectivity index (χ0n) is 5.14. The van der Waals surface area contributed by atoms with Gasteiger partial charge in [0, 0.05) is 6.92 Å². The SMILES string of the molecule is CC(=O)NC(O)N=C(Cl)Cl. The van der Waals surface area contributed by atoms with Gasteiger partial charge in [-0.3, -0.25) is 4.79 Å². The van der Waals surface area contributed by atoms with Crippen LogP contribution in [-0.4, -0.2) is 22.0 Å². The van der Waals surface area contributed by atoms with Crippen LogP contribution < -0.4 is 5.32 Å². The maximum Gasteiger partial charge on any atom is 0.227 e. The van der Waals surface area contributed by atoms with Crippen LogP contribution in [0, 0.1) is 0 Å². The molecule has 58 valence electrons. The van der Waals surface area contributed by atoms with E-state index in [1.165, 1.54) is 6.92 Å². The summed E-state index contributed by atoms with van der Waals surface area (Å²) < 4.78 is -0.332. The van der Waals surface area contributed by atoms with Crippen molar-refractivity contribution in [3.8, 4) is 0 Å². The van der Waals surface area contributed by atoms with E-state index in [2.05, 4.69) is 4.99 Å². The molecule has 1 atom stereocenters. The fourth-order valence-electron chi connectivity index (χ4n) is 0.307. The Kier molecular flexibility index (Phi) is 4.34. The number of aliphatic hydroxyl groups is 1. The van der Waals surface area contributed by atoms with Gasteiger partial charge in [-0.1, -0.05) is 0 Å². The van der Waals surface area contributed by atoms with Gasteiger partial charge in [0.05, 0.1) is 0 Å². The number of nitrogens with zero attached hydrogens (tertiary/aromatic N) is 1. The molecule has 0 aliphatic heterocycles. The second kappa shape index (κ2) is 4.49. The highest BCUT2D eigenvalue weighted by atomic mass is 35.5. The lowest BCUT2D eigenvalue weighted by molar-refractivity contribution is -0.121. The van der Waals surface area contributed by atoms with E-state index in [1.54, 1.807) is 0 Å². The van der Waals surface area contributed by atoms with Gasteiger partial charge in [0.25, 0.3) is 0 Å². The van der Waals surface area contributed by atoms with E-state index < -0.39 is 12.3 Å². The van der Waals surface area contributed by atoms with Crippen molar-refractivity contribution in [1.29, 1.82) is 0 Å². The Labute approximate surface area is 67.8 Å². The Balaban J connectivity index is 3.75. The summed E-state index contributed by atoms with van der Waals surface area (Å²) in [4.78, 5) is 13.4.